The first-order chi connectivity index (χ1) is 18.5. The molecule has 2 aromatic carbocycles. The summed E-state index contributed by atoms with van der Waals surface area (Å²) in [4.78, 5) is 55.3. The van der Waals surface area contributed by atoms with Gasteiger partial charge >= 0.3 is 11.9 Å². The van der Waals surface area contributed by atoms with E-state index in [1.807, 2.05) is 0 Å². The third-order valence-electron chi connectivity index (χ3n) is 8.78. The van der Waals surface area contributed by atoms with Gasteiger partial charge in [0.15, 0.2) is 0 Å². The monoisotopic (exact) mass is 538 g/mol. The van der Waals surface area contributed by atoms with Gasteiger partial charge < -0.3 is 14.2 Å². The molecule has 0 radical (unpaired) electrons. The second-order valence-electron chi connectivity index (χ2n) is 10.8. The van der Waals surface area contributed by atoms with Crippen molar-refractivity contribution in [3.8, 4) is 5.75 Å². The Bertz CT molecular complexity index is 1330. The Labute approximate surface area is 225 Å². The Morgan fingerprint density at radius 1 is 0.718 bits per heavy atom. The zero-order chi connectivity index (χ0) is 28.3. The fourth-order valence-electron chi connectivity index (χ4n) is 6.96. The molecule has 3 fully saturated rings. The van der Waals surface area contributed by atoms with Crippen molar-refractivity contribution in [3.63, 3.8) is 0 Å². The van der Waals surface area contributed by atoms with Gasteiger partial charge in [-0.25, -0.2) is 4.39 Å². The Morgan fingerprint density at radius 2 is 1.13 bits per heavy atom. The minimum Gasteiger partial charge on any atom is -0.497 e. The van der Waals surface area contributed by atoms with E-state index in [4.69, 9.17) is 14.2 Å². The van der Waals surface area contributed by atoms with Crippen LogP contribution in [0.4, 0.5) is 4.39 Å². The third kappa shape index (κ3) is 3.88. The summed E-state index contributed by atoms with van der Waals surface area (Å²) in [6.07, 6.45) is 0. The van der Waals surface area contributed by atoms with Gasteiger partial charge in [-0.05, 0) is 49.2 Å². The third-order valence-corrected chi connectivity index (χ3v) is 8.78. The van der Waals surface area contributed by atoms with Gasteiger partial charge in [-0.2, -0.15) is 0 Å². The summed E-state index contributed by atoms with van der Waals surface area (Å²) in [5.41, 5.74) is -1.85. The van der Waals surface area contributed by atoms with Crippen LogP contribution in [0, 0.1) is 29.5 Å². The molecule has 206 valence electrons. The average Bonchev–Trinajstić information content (AvgIpc) is 3.45. The number of ether oxygens (including phenoxy) is 3. The second-order valence-corrected chi connectivity index (χ2v) is 10.8. The molecule has 0 bridgehead atoms. The van der Waals surface area contributed by atoms with Gasteiger partial charge in [0, 0.05) is 23.9 Å². The first kappa shape index (κ1) is 27.0. The van der Waals surface area contributed by atoms with Crippen molar-refractivity contribution in [1.29, 1.82) is 0 Å². The number of esters is 2. The fourth-order valence-corrected chi connectivity index (χ4v) is 6.96. The number of hydrogen-bond acceptors (Lipinski definition) is 9. The summed E-state index contributed by atoms with van der Waals surface area (Å²) in [7, 11) is 3.98. The summed E-state index contributed by atoms with van der Waals surface area (Å²) in [5, 5.41) is 6.45. The molecule has 2 saturated heterocycles. The van der Waals surface area contributed by atoms with Crippen molar-refractivity contribution in [2.45, 2.75) is 37.0 Å². The quantitative estimate of drug-likeness (QED) is 0.553. The topological polar surface area (TPSA) is 120 Å². The van der Waals surface area contributed by atoms with Crippen molar-refractivity contribution in [2.75, 3.05) is 21.3 Å². The number of hydrogen-bond donors (Lipinski definition) is 2. The van der Waals surface area contributed by atoms with E-state index < -0.39 is 70.4 Å². The number of ketones is 2. The highest BCUT2D eigenvalue weighted by atomic mass is 19.1. The molecule has 0 amide bonds. The van der Waals surface area contributed by atoms with Crippen molar-refractivity contribution in [3.05, 3.63) is 65.5 Å². The number of halogens is 1. The number of benzene rings is 2. The normalized spacial score (nSPS) is 35.2. The van der Waals surface area contributed by atoms with E-state index in [0.717, 1.165) is 0 Å². The van der Waals surface area contributed by atoms with Crippen LogP contribution in [0.1, 0.15) is 37.1 Å². The predicted molar refractivity (Wildman–Crippen MR) is 136 cm³/mol. The molecule has 0 aromatic heterocycles. The summed E-state index contributed by atoms with van der Waals surface area (Å²) in [6, 6.07) is 11.2. The molecule has 8 atom stereocenters. The van der Waals surface area contributed by atoms with Crippen molar-refractivity contribution in [2.24, 2.45) is 23.7 Å². The van der Waals surface area contributed by atoms with Crippen LogP contribution in [0.15, 0.2) is 48.5 Å². The van der Waals surface area contributed by atoms with Crippen molar-refractivity contribution in [1.82, 2.24) is 10.6 Å². The van der Waals surface area contributed by atoms with Gasteiger partial charge in [-0.15, -0.1) is 0 Å². The molecule has 1 aliphatic carbocycles. The Hall–Kier alpha value is -3.63. The molecule has 39 heavy (non-hydrogen) atoms. The Balaban J connectivity index is 1.68. The highest BCUT2D eigenvalue weighted by Gasteiger charge is 2.72. The van der Waals surface area contributed by atoms with Crippen LogP contribution in [0.3, 0.4) is 0 Å². The molecule has 2 N–H and O–H groups in total. The van der Waals surface area contributed by atoms with Crippen LogP contribution in [0.25, 0.3) is 0 Å². The standard InChI is InChI=1S/C29H31FN2O7/c1-28(26(35)38-4)20-18(22(31-28)14-6-10-16(30)11-7-14)24(33)19-21(25(20)34)29(2,27(36)39-5)32-23(19)15-8-12-17(37-3)13-9-15/h6-13,18-23,31-32H,1-5H3/t18-,19-,20-,21-,22-,23-,28-,29-/m0/s1. The van der Waals surface area contributed by atoms with Gasteiger partial charge in [-0.1, -0.05) is 24.3 Å². The molecule has 10 heteroatoms. The summed E-state index contributed by atoms with van der Waals surface area (Å²) < 4.78 is 29.2. The lowest BCUT2D eigenvalue weighted by atomic mass is 9.58. The first-order valence-electron chi connectivity index (χ1n) is 12.7. The molecular formula is C29H31FN2O7. The van der Waals surface area contributed by atoms with Gasteiger partial charge in [0.05, 0.1) is 33.2 Å². The maximum Gasteiger partial charge on any atom is 0.326 e. The summed E-state index contributed by atoms with van der Waals surface area (Å²) in [6.45, 7) is 3.09. The van der Waals surface area contributed by atoms with E-state index in [1.54, 1.807) is 31.2 Å². The SMILES string of the molecule is COC(=O)[C@@]1(C)N[C@@H](c2ccc(F)cc2)[C@H]2C(=O)[C@H]3[C@@H](C(=O)[C@H]21)[C@@](C)(C(=O)OC)N[C@H]3c1ccc(OC)cc1. The van der Waals surface area contributed by atoms with Gasteiger partial charge in [0.1, 0.15) is 34.2 Å². The van der Waals surface area contributed by atoms with E-state index in [9.17, 15) is 23.6 Å². The summed E-state index contributed by atoms with van der Waals surface area (Å²) >= 11 is 0. The highest BCUT2D eigenvalue weighted by molar-refractivity contribution is 6.08. The fraction of sp³-hybridized carbons (Fsp3) is 0.448. The number of rotatable bonds is 5. The molecule has 1 saturated carbocycles. The molecule has 5 rings (SSSR count). The van der Waals surface area contributed by atoms with Crippen molar-refractivity contribution < 1.29 is 37.8 Å². The largest absolute Gasteiger partial charge is 0.497 e. The Morgan fingerprint density at radius 3 is 1.51 bits per heavy atom. The zero-order valence-corrected chi connectivity index (χ0v) is 22.3. The molecular weight excluding hydrogens is 507 g/mol. The molecule has 9 nitrogen and oxygen atoms in total. The lowest BCUT2D eigenvalue weighted by molar-refractivity contribution is -0.160. The minimum absolute atomic E-state index is 0.278. The molecule has 3 aliphatic rings. The van der Waals surface area contributed by atoms with Crippen LogP contribution in [-0.2, 0) is 28.7 Å². The Kier molecular flexibility index (Phi) is 6.59. The van der Waals surface area contributed by atoms with Crippen LogP contribution in [-0.4, -0.2) is 55.9 Å². The maximum absolute atomic E-state index is 14.6. The van der Waals surface area contributed by atoms with E-state index in [0.29, 0.717) is 16.9 Å². The van der Waals surface area contributed by atoms with Crippen LogP contribution in [0.2, 0.25) is 0 Å². The average molecular weight is 539 g/mol. The number of carbonyl (C=O) groups excluding carboxylic acids is 4. The highest BCUT2D eigenvalue weighted by Crippen LogP contribution is 2.57. The smallest absolute Gasteiger partial charge is 0.326 e. The van der Waals surface area contributed by atoms with E-state index in [1.165, 1.54) is 52.5 Å². The number of fused-ring (bicyclic) bond motifs is 2. The number of methoxy groups -OCH3 is 3. The lowest BCUT2D eigenvalue weighted by Gasteiger charge is -2.41. The molecule has 0 spiro atoms. The second kappa shape index (κ2) is 9.53. The van der Waals surface area contributed by atoms with E-state index in [2.05, 4.69) is 10.6 Å². The van der Waals surface area contributed by atoms with Gasteiger partial charge in [0.25, 0.3) is 0 Å². The van der Waals surface area contributed by atoms with Crippen LogP contribution >= 0.6 is 0 Å². The van der Waals surface area contributed by atoms with E-state index >= 15 is 0 Å². The lowest BCUT2D eigenvalue weighted by Crippen LogP contribution is -2.61. The van der Waals surface area contributed by atoms with E-state index in [-0.39, 0.29) is 5.78 Å². The molecule has 0 unspecified atom stereocenters. The molecule has 2 heterocycles. The number of carbonyl (C=O) groups is 4. The molecule has 2 aromatic rings. The molecule has 2 aliphatic heterocycles. The van der Waals surface area contributed by atoms with Gasteiger partial charge in [-0.3, -0.25) is 29.8 Å². The first-order valence-corrected chi connectivity index (χ1v) is 12.7. The summed E-state index contributed by atoms with van der Waals surface area (Å²) in [5.74, 6) is -6.06. The zero-order valence-electron chi connectivity index (χ0n) is 22.3. The van der Waals surface area contributed by atoms with Crippen LogP contribution in [0.5, 0.6) is 5.75 Å². The maximum atomic E-state index is 14.6. The van der Waals surface area contributed by atoms with Crippen LogP contribution < -0.4 is 15.4 Å². The van der Waals surface area contributed by atoms with Gasteiger partial charge in [0.2, 0.25) is 0 Å². The number of nitrogens with one attached hydrogen (secondary N) is 2. The van der Waals surface area contributed by atoms with Crippen molar-refractivity contribution >= 4 is 23.5 Å². The number of Topliss-reactive ketones (excluding diaryl/α,β-unsaturated/α-hetero) is 2. The predicted octanol–water partition coefficient (Wildman–Crippen LogP) is 2.30. The minimum atomic E-state index is -1.56.